The molecule has 8 heteroatoms. The van der Waals surface area contributed by atoms with E-state index in [2.05, 4.69) is 5.32 Å². The maximum absolute atomic E-state index is 12.4. The van der Waals surface area contributed by atoms with Crippen molar-refractivity contribution in [1.82, 2.24) is 5.32 Å². The topological polar surface area (TPSA) is 125 Å². The summed E-state index contributed by atoms with van der Waals surface area (Å²) >= 11 is 0. The summed E-state index contributed by atoms with van der Waals surface area (Å²) < 4.78 is 11.0. The smallest absolute Gasteiger partial charge is 0.247 e. The van der Waals surface area contributed by atoms with Crippen LogP contribution in [0, 0.1) is 0 Å². The monoisotopic (exact) mass is 419 g/mol. The first-order valence-electron chi connectivity index (χ1n) is 10.2. The molecule has 2 aliphatic rings. The molecule has 5 unspecified atom stereocenters. The highest BCUT2D eigenvalue weighted by Gasteiger charge is 2.38. The minimum absolute atomic E-state index is 0.150. The molecule has 0 radical (unpaired) electrons. The number of ketones is 1. The highest BCUT2D eigenvalue weighted by Crippen LogP contribution is 2.25. The number of rotatable bonds is 6. The van der Waals surface area contributed by atoms with E-state index in [-0.39, 0.29) is 18.1 Å². The largest absolute Gasteiger partial charge is 0.462 e. The summed E-state index contributed by atoms with van der Waals surface area (Å²) in [6, 6.07) is 6.20. The van der Waals surface area contributed by atoms with Crippen molar-refractivity contribution in [1.29, 1.82) is 0 Å². The van der Waals surface area contributed by atoms with Crippen LogP contribution in [0.2, 0.25) is 0 Å². The van der Waals surface area contributed by atoms with E-state index in [0.29, 0.717) is 24.2 Å². The second-order valence-electron chi connectivity index (χ2n) is 7.99. The lowest BCUT2D eigenvalue weighted by Crippen LogP contribution is -2.53. The molecule has 1 aliphatic carbocycles. The van der Waals surface area contributed by atoms with Gasteiger partial charge in [0.1, 0.15) is 18.0 Å². The van der Waals surface area contributed by atoms with E-state index in [1.165, 1.54) is 6.92 Å². The molecular weight excluding hydrogens is 390 g/mol. The predicted molar refractivity (Wildman–Crippen MR) is 108 cm³/mol. The van der Waals surface area contributed by atoms with Gasteiger partial charge in [0.2, 0.25) is 12.2 Å². The minimum atomic E-state index is -0.902. The number of hydrogen-bond donors (Lipinski definition) is 4. The lowest BCUT2D eigenvalue weighted by molar-refractivity contribution is -0.140. The molecule has 1 aromatic rings. The normalized spacial score (nSPS) is 32.0. The van der Waals surface area contributed by atoms with Crippen molar-refractivity contribution in [2.24, 2.45) is 0 Å². The average molecular weight is 419 g/mol. The van der Waals surface area contributed by atoms with Gasteiger partial charge in [-0.2, -0.15) is 0 Å². The van der Waals surface area contributed by atoms with E-state index in [4.69, 9.17) is 9.47 Å². The van der Waals surface area contributed by atoms with Gasteiger partial charge < -0.3 is 30.1 Å². The summed E-state index contributed by atoms with van der Waals surface area (Å²) in [6.07, 6.45) is -0.207. The number of hydrogen-bond acceptors (Lipinski definition) is 7. The Balaban J connectivity index is 1.58. The van der Waals surface area contributed by atoms with E-state index >= 15 is 0 Å². The lowest BCUT2D eigenvalue weighted by Gasteiger charge is -2.32. The summed E-state index contributed by atoms with van der Waals surface area (Å²) in [5, 5.41) is 32.7. The number of aliphatic hydroxyl groups is 3. The molecule has 1 amide bonds. The van der Waals surface area contributed by atoms with E-state index in [1.807, 2.05) is 0 Å². The van der Waals surface area contributed by atoms with Crippen LogP contribution in [-0.4, -0.2) is 63.8 Å². The lowest BCUT2D eigenvalue weighted by atomic mass is 9.89. The molecule has 1 saturated heterocycles. The number of nitrogens with one attached hydrogen (secondary N) is 1. The first-order chi connectivity index (χ1) is 14.2. The Hall–Kier alpha value is -2.26. The molecule has 8 nitrogen and oxygen atoms in total. The second-order valence-corrected chi connectivity index (χ2v) is 7.99. The van der Waals surface area contributed by atoms with Crippen molar-refractivity contribution >= 4 is 17.8 Å². The molecule has 164 valence electrons. The van der Waals surface area contributed by atoms with Crippen LogP contribution in [0.1, 0.15) is 45.1 Å². The van der Waals surface area contributed by atoms with Gasteiger partial charge in [-0.25, -0.2) is 0 Å². The number of Topliss-reactive ketones (excluding diaryl/α,β-unsaturated/α-hetero) is 1. The molecule has 1 heterocycles. The zero-order valence-corrected chi connectivity index (χ0v) is 17.2. The zero-order valence-electron chi connectivity index (χ0n) is 17.2. The molecular formula is C22H29NO7. The number of amides is 1. The van der Waals surface area contributed by atoms with E-state index < -0.39 is 36.7 Å². The molecule has 1 aromatic carbocycles. The summed E-state index contributed by atoms with van der Waals surface area (Å²) in [5.41, 5.74) is 1.20. The third-order valence-electron chi connectivity index (χ3n) is 5.52. The Kier molecular flexibility index (Phi) is 7.25. The van der Waals surface area contributed by atoms with Gasteiger partial charge >= 0.3 is 0 Å². The first kappa shape index (κ1) is 22.4. The van der Waals surface area contributed by atoms with E-state index in [0.717, 1.165) is 12.0 Å². The van der Waals surface area contributed by atoms with Crippen LogP contribution in [-0.2, 0) is 14.3 Å². The molecule has 30 heavy (non-hydrogen) atoms. The quantitative estimate of drug-likeness (QED) is 0.505. The number of carbonyl (C=O) groups is 2. The first-order valence-corrected chi connectivity index (χ1v) is 10.2. The van der Waals surface area contributed by atoms with Crippen molar-refractivity contribution in [3.05, 3.63) is 35.4 Å². The van der Waals surface area contributed by atoms with Gasteiger partial charge in [0, 0.05) is 12.0 Å². The van der Waals surface area contributed by atoms with E-state index in [9.17, 15) is 24.9 Å². The highest BCUT2D eigenvalue weighted by atomic mass is 16.7. The summed E-state index contributed by atoms with van der Waals surface area (Å²) in [4.78, 5) is 23.8. The number of benzene rings is 1. The third kappa shape index (κ3) is 5.46. The van der Waals surface area contributed by atoms with Crippen LogP contribution in [0.25, 0.3) is 6.08 Å². The Morgan fingerprint density at radius 3 is 2.27 bits per heavy atom. The molecule has 4 N–H and O–H groups in total. The van der Waals surface area contributed by atoms with Crippen LogP contribution < -0.4 is 10.1 Å². The van der Waals surface area contributed by atoms with Crippen molar-refractivity contribution in [2.45, 2.75) is 76.3 Å². The summed E-state index contributed by atoms with van der Waals surface area (Å²) in [6.45, 7) is 3.07. The van der Waals surface area contributed by atoms with Gasteiger partial charge in [-0.3, -0.25) is 9.59 Å². The van der Waals surface area contributed by atoms with Crippen LogP contribution in [0.4, 0.5) is 0 Å². The van der Waals surface area contributed by atoms with Gasteiger partial charge in [-0.15, -0.1) is 0 Å². The molecule has 0 aromatic heterocycles. The number of carbonyl (C=O) groups excluding carboxylic acids is 2. The minimum Gasteiger partial charge on any atom is -0.462 e. The highest BCUT2D eigenvalue weighted by molar-refractivity contribution is 5.97. The molecule has 1 saturated carbocycles. The van der Waals surface area contributed by atoms with Crippen LogP contribution >= 0.6 is 0 Å². The third-order valence-corrected chi connectivity index (χ3v) is 5.52. The van der Waals surface area contributed by atoms with Crippen LogP contribution in [0.5, 0.6) is 5.75 Å². The summed E-state index contributed by atoms with van der Waals surface area (Å²) in [5.74, 6) is -0.0308. The molecule has 3 rings (SSSR count). The molecule has 5 atom stereocenters. The predicted octanol–water partition coefficient (Wildman–Crippen LogP) is 0.924. The van der Waals surface area contributed by atoms with E-state index in [1.54, 1.807) is 37.3 Å². The second kappa shape index (κ2) is 9.70. The van der Waals surface area contributed by atoms with Gasteiger partial charge in [0.05, 0.1) is 18.2 Å². The Morgan fingerprint density at radius 2 is 1.70 bits per heavy atom. The fourth-order valence-corrected chi connectivity index (χ4v) is 3.71. The fraction of sp³-hybridized carbons (Fsp3) is 0.545. The Bertz CT molecular complexity index is 781. The maximum atomic E-state index is 12.4. The molecule has 1 aliphatic heterocycles. The Labute approximate surface area is 175 Å². The van der Waals surface area contributed by atoms with Crippen LogP contribution in [0.15, 0.2) is 29.8 Å². The zero-order chi connectivity index (χ0) is 21.8. The van der Waals surface area contributed by atoms with Crippen molar-refractivity contribution in [3.8, 4) is 5.75 Å². The van der Waals surface area contributed by atoms with Crippen molar-refractivity contribution in [2.75, 3.05) is 0 Å². The average Bonchev–Trinajstić information content (AvgIpc) is 3.07. The molecule has 0 bridgehead atoms. The Morgan fingerprint density at radius 1 is 1.07 bits per heavy atom. The van der Waals surface area contributed by atoms with Crippen molar-refractivity contribution in [3.63, 3.8) is 0 Å². The fourth-order valence-electron chi connectivity index (χ4n) is 3.71. The molecule has 2 fully saturated rings. The van der Waals surface area contributed by atoms with Gasteiger partial charge in [-0.05, 0) is 56.9 Å². The van der Waals surface area contributed by atoms with Crippen molar-refractivity contribution < 1.29 is 34.4 Å². The van der Waals surface area contributed by atoms with Gasteiger partial charge in [-0.1, -0.05) is 12.1 Å². The number of ether oxygens (including phenoxy) is 2. The van der Waals surface area contributed by atoms with Gasteiger partial charge in [0.25, 0.3) is 0 Å². The SMILES string of the molecule is CC(=O)C1CC(O)C(Oc2ccc(/C=C(\C)C(=O)NC3C(O)CCCC3O)cc2)O1. The maximum Gasteiger partial charge on any atom is 0.247 e. The summed E-state index contributed by atoms with van der Waals surface area (Å²) in [7, 11) is 0. The number of aliphatic hydroxyl groups excluding tert-OH is 3. The van der Waals surface area contributed by atoms with Gasteiger partial charge in [0.15, 0.2) is 5.78 Å². The molecule has 0 spiro atoms. The standard InChI is InChI=1S/C22H29NO7/c1-12(21(28)23-20-16(25)4-3-5-17(20)26)10-14-6-8-15(9-7-14)29-22-18(27)11-19(30-22)13(2)24/h6-10,16-20,22,25-27H,3-5,11H2,1-2H3,(H,23,28)/b12-10+. The van der Waals surface area contributed by atoms with Crippen LogP contribution in [0.3, 0.4) is 0 Å².